The summed E-state index contributed by atoms with van der Waals surface area (Å²) in [6.45, 7) is 0.547. The first-order chi connectivity index (χ1) is 8.09. The Balaban J connectivity index is 2.12. The zero-order chi connectivity index (χ0) is 12.7. The number of aliphatic carboxylic acids is 1. The summed E-state index contributed by atoms with van der Waals surface area (Å²) in [5, 5.41) is 11.2. The van der Waals surface area contributed by atoms with E-state index >= 15 is 0 Å². The maximum absolute atomic E-state index is 11.3. The second-order valence-corrected chi connectivity index (χ2v) is 3.84. The van der Waals surface area contributed by atoms with Gasteiger partial charge < -0.3 is 15.0 Å². The van der Waals surface area contributed by atoms with E-state index in [2.05, 4.69) is 10.3 Å². The summed E-state index contributed by atoms with van der Waals surface area (Å²) < 4.78 is 1.90. The molecule has 1 aromatic rings. The van der Waals surface area contributed by atoms with Crippen molar-refractivity contribution in [3.63, 3.8) is 0 Å². The number of aryl methyl sites for hydroxylation is 1. The van der Waals surface area contributed by atoms with Crippen LogP contribution in [0, 0.1) is 0 Å². The fourth-order valence-electron chi connectivity index (χ4n) is 1.44. The van der Waals surface area contributed by atoms with E-state index in [0.29, 0.717) is 13.0 Å². The third-order valence-corrected chi connectivity index (χ3v) is 2.41. The number of hydrogen-bond donors (Lipinski definition) is 2. The van der Waals surface area contributed by atoms with Gasteiger partial charge in [-0.2, -0.15) is 0 Å². The van der Waals surface area contributed by atoms with Crippen LogP contribution in [-0.4, -0.2) is 33.1 Å². The number of carboxylic acid groups (broad SMARTS) is 1. The SMILES string of the molecule is Cn1cncc1CCNC(=O)CCCC(=O)O. The summed E-state index contributed by atoms with van der Waals surface area (Å²) in [5.41, 5.74) is 1.05. The molecule has 1 aromatic heterocycles. The van der Waals surface area contributed by atoms with Crippen LogP contribution in [0.25, 0.3) is 0 Å². The van der Waals surface area contributed by atoms with Gasteiger partial charge in [0.25, 0.3) is 0 Å². The number of nitrogens with one attached hydrogen (secondary N) is 1. The van der Waals surface area contributed by atoms with E-state index in [4.69, 9.17) is 5.11 Å². The number of aromatic nitrogens is 2. The molecule has 0 saturated carbocycles. The molecule has 0 spiro atoms. The Bertz CT molecular complexity index is 387. The Labute approximate surface area is 99.7 Å². The normalized spacial score (nSPS) is 10.2. The Hall–Kier alpha value is -1.85. The van der Waals surface area contributed by atoms with E-state index in [1.165, 1.54) is 0 Å². The van der Waals surface area contributed by atoms with Gasteiger partial charge in [0.15, 0.2) is 0 Å². The molecule has 0 aromatic carbocycles. The highest BCUT2D eigenvalue weighted by molar-refractivity contribution is 5.76. The van der Waals surface area contributed by atoms with Crippen molar-refractivity contribution in [2.45, 2.75) is 25.7 Å². The number of carbonyl (C=O) groups is 2. The van der Waals surface area contributed by atoms with Gasteiger partial charge >= 0.3 is 5.97 Å². The Kier molecular flexibility index (Phi) is 5.19. The highest BCUT2D eigenvalue weighted by Gasteiger charge is 2.04. The lowest BCUT2D eigenvalue weighted by Crippen LogP contribution is -2.25. The maximum Gasteiger partial charge on any atom is 0.303 e. The van der Waals surface area contributed by atoms with E-state index in [-0.39, 0.29) is 18.7 Å². The van der Waals surface area contributed by atoms with E-state index in [1.54, 1.807) is 12.5 Å². The molecular weight excluding hydrogens is 222 g/mol. The molecule has 1 amide bonds. The van der Waals surface area contributed by atoms with Crippen molar-refractivity contribution in [3.05, 3.63) is 18.2 Å². The quantitative estimate of drug-likeness (QED) is 0.718. The minimum atomic E-state index is -0.868. The first-order valence-electron chi connectivity index (χ1n) is 5.53. The number of rotatable bonds is 7. The summed E-state index contributed by atoms with van der Waals surface area (Å²) in [6, 6.07) is 0. The molecule has 0 aliphatic rings. The Morgan fingerprint density at radius 2 is 2.24 bits per heavy atom. The zero-order valence-corrected chi connectivity index (χ0v) is 9.85. The first kappa shape index (κ1) is 13.2. The molecule has 0 radical (unpaired) electrons. The van der Waals surface area contributed by atoms with Crippen LogP contribution in [0.4, 0.5) is 0 Å². The predicted molar refractivity (Wildman–Crippen MR) is 61.4 cm³/mol. The summed E-state index contributed by atoms with van der Waals surface area (Å²) in [5.74, 6) is -0.971. The van der Waals surface area contributed by atoms with Crippen LogP contribution < -0.4 is 5.32 Å². The number of carboxylic acids is 1. The molecule has 2 N–H and O–H groups in total. The van der Waals surface area contributed by atoms with Crippen LogP contribution in [0.2, 0.25) is 0 Å². The van der Waals surface area contributed by atoms with E-state index in [0.717, 1.165) is 12.1 Å². The Morgan fingerprint density at radius 1 is 1.47 bits per heavy atom. The van der Waals surface area contributed by atoms with Crippen molar-refractivity contribution in [2.24, 2.45) is 7.05 Å². The fraction of sp³-hybridized carbons (Fsp3) is 0.545. The topological polar surface area (TPSA) is 84.2 Å². The number of nitrogens with zero attached hydrogens (tertiary/aromatic N) is 2. The van der Waals surface area contributed by atoms with Crippen molar-refractivity contribution in [2.75, 3.05) is 6.54 Å². The molecule has 0 saturated heterocycles. The standard InChI is InChI=1S/C11H17N3O3/c1-14-8-12-7-9(14)5-6-13-10(15)3-2-4-11(16)17/h7-8H,2-6H2,1H3,(H,13,15)(H,16,17). The highest BCUT2D eigenvalue weighted by atomic mass is 16.4. The highest BCUT2D eigenvalue weighted by Crippen LogP contribution is 1.97. The monoisotopic (exact) mass is 239 g/mol. The van der Waals surface area contributed by atoms with Gasteiger partial charge in [0, 0.05) is 44.7 Å². The van der Waals surface area contributed by atoms with Gasteiger partial charge in [-0.1, -0.05) is 0 Å². The van der Waals surface area contributed by atoms with Gasteiger partial charge in [-0.25, -0.2) is 4.98 Å². The summed E-state index contributed by atoms with van der Waals surface area (Å²) in [4.78, 5) is 25.5. The Morgan fingerprint density at radius 3 is 2.82 bits per heavy atom. The lowest BCUT2D eigenvalue weighted by atomic mass is 10.2. The van der Waals surface area contributed by atoms with E-state index in [9.17, 15) is 9.59 Å². The summed E-state index contributed by atoms with van der Waals surface area (Å²) in [7, 11) is 1.90. The molecule has 0 aliphatic carbocycles. The lowest BCUT2D eigenvalue weighted by molar-refractivity contribution is -0.137. The molecular formula is C11H17N3O3. The molecule has 0 atom stereocenters. The minimum Gasteiger partial charge on any atom is -0.481 e. The second-order valence-electron chi connectivity index (χ2n) is 3.84. The van der Waals surface area contributed by atoms with Crippen LogP contribution in [0.1, 0.15) is 25.0 Å². The third kappa shape index (κ3) is 5.14. The van der Waals surface area contributed by atoms with E-state index < -0.39 is 5.97 Å². The predicted octanol–water partition coefficient (Wildman–Crippen LogP) is 0.334. The summed E-state index contributed by atoms with van der Waals surface area (Å²) in [6.07, 6.45) is 4.88. The molecule has 6 heteroatoms. The van der Waals surface area contributed by atoms with Crippen LogP contribution in [0.3, 0.4) is 0 Å². The average Bonchev–Trinajstić information content (AvgIpc) is 2.64. The number of carbonyl (C=O) groups excluding carboxylic acids is 1. The number of imidazole rings is 1. The average molecular weight is 239 g/mol. The molecule has 0 bridgehead atoms. The number of hydrogen-bond acceptors (Lipinski definition) is 3. The van der Waals surface area contributed by atoms with Crippen molar-refractivity contribution in [1.82, 2.24) is 14.9 Å². The maximum atomic E-state index is 11.3. The van der Waals surface area contributed by atoms with Crippen molar-refractivity contribution in [1.29, 1.82) is 0 Å². The molecule has 0 fully saturated rings. The molecule has 94 valence electrons. The van der Waals surface area contributed by atoms with Gasteiger partial charge in [-0.05, 0) is 6.42 Å². The van der Waals surface area contributed by atoms with Crippen molar-refractivity contribution >= 4 is 11.9 Å². The molecule has 1 rings (SSSR count). The largest absolute Gasteiger partial charge is 0.481 e. The molecule has 1 heterocycles. The molecule has 17 heavy (non-hydrogen) atoms. The van der Waals surface area contributed by atoms with Gasteiger partial charge in [0.2, 0.25) is 5.91 Å². The first-order valence-corrected chi connectivity index (χ1v) is 5.53. The lowest BCUT2D eigenvalue weighted by Gasteiger charge is -2.05. The molecule has 0 unspecified atom stereocenters. The van der Waals surface area contributed by atoms with Gasteiger partial charge in [-0.3, -0.25) is 9.59 Å². The van der Waals surface area contributed by atoms with E-state index in [1.807, 2.05) is 11.6 Å². The smallest absolute Gasteiger partial charge is 0.303 e. The van der Waals surface area contributed by atoms with Crippen LogP contribution in [-0.2, 0) is 23.1 Å². The molecule has 6 nitrogen and oxygen atoms in total. The van der Waals surface area contributed by atoms with Crippen LogP contribution in [0.5, 0.6) is 0 Å². The minimum absolute atomic E-state index is 0.0369. The third-order valence-electron chi connectivity index (χ3n) is 2.41. The number of amides is 1. The zero-order valence-electron chi connectivity index (χ0n) is 9.85. The van der Waals surface area contributed by atoms with Crippen LogP contribution >= 0.6 is 0 Å². The molecule has 0 aliphatic heterocycles. The summed E-state index contributed by atoms with van der Waals surface area (Å²) >= 11 is 0. The van der Waals surface area contributed by atoms with Gasteiger partial charge in [0.1, 0.15) is 0 Å². The van der Waals surface area contributed by atoms with Gasteiger partial charge in [0.05, 0.1) is 6.33 Å². The fourth-order valence-corrected chi connectivity index (χ4v) is 1.44. The van der Waals surface area contributed by atoms with Crippen molar-refractivity contribution < 1.29 is 14.7 Å². The van der Waals surface area contributed by atoms with Gasteiger partial charge in [-0.15, -0.1) is 0 Å². The van der Waals surface area contributed by atoms with Crippen molar-refractivity contribution in [3.8, 4) is 0 Å². The second kappa shape index (κ2) is 6.67. The van der Waals surface area contributed by atoms with Crippen LogP contribution in [0.15, 0.2) is 12.5 Å².